The van der Waals surface area contributed by atoms with Gasteiger partial charge in [-0.05, 0) is 25.5 Å². The van der Waals surface area contributed by atoms with Crippen molar-refractivity contribution in [2.75, 3.05) is 11.9 Å². The van der Waals surface area contributed by atoms with Crippen LogP contribution in [0.3, 0.4) is 0 Å². The van der Waals surface area contributed by atoms with E-state index in [1.54, 1.807) is 0 Å². The number of amides is 1. The highest BCUT2D eigenvalue weighted by Crippen LogP contribution is 2.29. The summed E-state index contributed by atoms with van der Waals surface area (Å²) in [6, 6.07) is 4.20. The molecule has 1 saturated heterocycles. The monoisotopic (exact) mass is 265 g/mol. The highest BCUT2D eigenvalue weighted by molar-refractivity contribution is 5.98. The molecule has 1 fully saturated rings. The van der Waals surface area contributed by atoms with E-state index in [2.05, 4.69) is 5.32 Å². The van der Waals surface area contributed by atoms with Crippen LogP contribution < -0.4 is 5.32 Å². The largest absolute Gasteiger partial charge is 0.505 e. The molecule has 0 radical (unpaired) electrons. The first-order valence-electron chi connectivity index (χ1n) is 5.98. The average molecular weight is 265 g/mol. The topological polar surface area (TPSA) is 95.9 Å². The Labute approximate surface area is 110 Å². The zero-order valence-electron chi connectivity index (χ0n) is 10.4. The maximum Gasteiger partial charge on any atom is 0.339 e. The van der Waals surface area contributed by atoms with Crippen molar-refractivity contribution in [1.82, 2.24) is 0 Å². The number of carbonyl (C=O) groups is 2. The number of hydrogen-bond acceptors (Lipinski definition) is 4. The summed E-state index contributed by atoms with van der Waals surface area (Å²) in [6.07, 6.45) is 0.441. The van der Waals surface area contributed by atoms with Gasteiger partial charge >= 0.3 is 5.97 Å². The highest BCUT2D eigenvalue weighted by Gasteiger charge is 2.31. The SMILES string of the molecule is CC1OCCC1C(=O)Nc1cccc(C(=O)O)c1O. The van der Waals surface area contributed by atoms with Crippen LogP contribution in [0.25, 0.3) is 0 Å². The number of rotatable bonds is 3. The molecule has 1 heterocycles. The van der Waals surface area contributed by atoms with Crippen molar-refractivity contribution in [3.8, 4) is 5.75 Å². The van der Waals surface area contributed by atoms with E-state index in [9.17, 15) is 14.7 Å². The molecule has 1 amide bonds. The molecule has 102 valence electrons. The van der Waals surface area contributed by atoms with Gasteiger partial charge in [0.1, 0.15) is 5.56 Å². The number of carboxylic acid groups (broad SMARTS) is 1. The molecule has 3 N–H and O–H groups in total. The van der Waals surface area contributed by atoms with Gasteiger partial charge in [0, 0.05) is 6.61 Å². The van der Waals surface area contributed by atoms with E-state index in [1.807, 2.05) is 6.92 Å². The Hall–Kier alpha value is -2.08. The minimum absolute atomic E-state index is 0.101. The number of aromatic hydroxyl groups is 1. The molecule has 0 aromatic heterocycles. The molecule has 0 spiro atoms. The summed E-state index contributed by atoms with van der Waals surface area (Å²) >= 11 is 0. The van der Waals surface area contributed by atoms with Crippen LogP contribution in [-0.4, -0.2) is 34.8 Å². The van der Waals surface area contributed by atoms with Gasteiger partial charge in [-0.1, -0.05) is 6.07 Å². The minimum Gasteiger partial charge on any atom is -0.505 e. The third kappa shape index (κ3) is 2.68. The summed E-state index contributed by atoms with van der Waals surface area (Å²) in [5.41, 5.74) is -0.141. The first-order chi connectivity index (χ1) is 9.00. The van der Waals surface area contributed by atoms with Crippen molar-refractivity contribution in [1.29, 1.82) is 0 Å². The zero-order chi connectivity index (χ0) is 14.0. The average Bonchev–Trinajstić information content (AvgIpc) is 2.77. The standard InChI is InChI=1S/C13H15NO5/c1-7-8(5-6-19-7)12(16)14-10-4-2-3-9(11(10)15)13(17)18/h2-4,7-8,15H,5-6H2,1H3,(H,14,16)(H,17,18). The van der Waals surface area contributed by atoms with Crippen molar-refractivity contribution >= 4 is 17.6 Å². The summed E-state index contributed by atoms with van der Waals surface area (Å²) < 4.78 is 5.30. The van der Waals surface area contributed by atoms with Crippen molar-refractivity contribution in [2.24, 2.45) is 5.92 Å². The van der Waals surface area contributed by atoms with Crippen LogP contribution in [0.2, 0.25) is 0 Å². The number of carboxylic acids is 1. The molecule has 6 nitrogen and oxygen atoms in total. The maximum atomic E-state index is 12.0. The number of anilines is 1. The molecule has 1 aromatic carbocycles. The fraction of sp³-hybridized carbons (Fsp3) is 0.385. The van der Waals surface area contributed by atoms with E-state index < -0.39 is 11.7 Å². The Kier molecular flexibility index (Phi) is 3.71. The molecule has 0 saturated carbocycles. The summed E-state index contributed by atoms with van der Waals surface area (Å²) in [5, 5.41) is 21.2. The lowest BCUT2D eigenvalue weighted by atomic mass is 10.0. The zero-order valence-corrected chi connectivity index (χ0v) is 10.4. The van der Waals surface area contributed by atoms with Crippen molar-refractivity contribution in [3.05, 3.63) is 23.8 Å². The molecule has 2 rings (SSSR count). The summed E-state index contributed by atoms with van der Waals surface area (Å²) in [4.78, 5) is 22.9. The lowest BCUT2D eigenvalue weighted by molar-refractivity contribution is -0.121. The predicted molar refractivity (Wildman–Crippen MR) is 67.2 cm³/mol. The molecule has 2 unspecified atom stereocenters. The van der Waals surface area contributed by atoms with Gasteiger partial charge in [0.05, 0.1) is 17.7 Å². The van der Waals surface area contributed by atoms with Gasteiger partial charge in [-0.2, -0.15) is 0 Å². The van der Waals surface area contributed by atoms with Gasteiger partial charge < -0.3 is 20.3 Å². The second-order valence-corrected chi connectivity index (χ2v) is 4.47. The van der Waals surface area contributed by atoms with E-state index >= 15 is 0 Å². The number of aromatic carboxylic acids is 1. The van der Waals surface area contributed by atoms with Gasteiger partial charge in [0.2, 0.25) is 5.91 Å². The molecule has 19 heavy (non-hydrogen) atoms. The highest BCUT2D eigenvalue weighted by atomic mass is 16.5. The first-order valence-corrected chi connectivity index (χ1v) is 5.98. The predicted octanol–water partition coefficient (Wildman–Crippen LogP) is 1.45. The van der Waals surface area contributed by atoms with Crippen LogP contribution in [0.5, 0.6) is 5.75 Å². The number of benzene rings is 1. The number of hydrogen-bond donors (Lipinski definition) is 3. The molecular weight excluding hydrogens is 250 g/mol. The fourth-order valence-electron chi connectivity index (χ4n) is 2.12. The van der Waals surface area contributed by atoms with Gasteiger partial charge in [-0.3, -0.25) is 4.79 Å². The molecule has 1 aromatic rings. The minimum atomic E-state index is -1.24. The molecule has 0 bridgehead atoms. The van der Waals surface area contributed by atoms with Gasteiger partial charge in [0.15, 0.2) is 5.75 Å². The first kappa shape index (κ1) is 13.4. The second-order valence-electron chi connectivity index (χ2n) is 4.47. The van der Waals surface area contributed by atoms with Gasteiger partial charge in [0.25, 0.3) is 0 Å². The van der Waals surface area contributed by atoms with E-state index in [0.717, 1.165) is 0 Å². The normalized spacial score (nSPS) is 22.2. The van der Waals surface area contributed by atoms with Crippen LogP contribution in [0.4, 0.5) is 5.69 Å². The Morgan fingerprint density at radius 1 is 1.42 bits per heavy atom. The Bertz CT molecular complexity index is 514. The van der Waals surface area contributed by atoms with E-state index in [4.69, 9.17) is 9.84 Å². The summed E-state index contributed by atoms with van der Waals surface area (Å²) in [5.74, 6) is -2.24. The molecule has 0 aliphatic carbocycles. The number of ether oxygens (including phenoxy) is 1. The number of nitrogens with one attached hydrogen (secondary N) is 1. The Morgan fingerprint density at radius 2 is 2.16 bits per heavy atom. The third-order valence-corrected chi connectivity index (χ3v) is 3.24. The molecule has 6 heteroatoms. The number of para-hydroxylation sites is 1. The second kappa shape index (κ2) is 5.27. The van der Waals surface area contributed by atoms with Gasteiger partial charge in [-0.25, -0.2) is 4.79 Å². The van der Waals surface area contributed by atoms with Crippen molar-refractivity contribution in [3.63, 3.8) is 0 Å². The number of carbonyl (C=O) groups excluding carboxylic acids is 1. The van der Waals surface area contributed by atoms with Crippen molar-refractivity contribution in [2.45, 2.75) is 19.4 Å². The van der Waals surface area contributed by atoms with Crippen LogP contribution in [0.1, 0.15) is 23.7 Å². The van der Waals surface area contributed by atoms with Gasteiger partial charge in [-0.15, -0.1) is 0 Å². The summed E-state index contributed by atoms with van der Waals surface area (Å²) in [7, 11) is 0. The molecule has 1 aliphatic heterocycles. The van der Waals surface area contributed by atoms with Crippen molar-refractivity contribution < 1.29 is 24.5 Å². The van der Waals surface area contributed by atoms with Crippen LogP contribution in [0.15, 0.2) is 18.2 Å². The Balaban J connectivity index is 2.17. The van der Waals surface area contributed by atoms with Crippen LogP contribution in [-0.2, 0) is 9.53 Å². The number of phenols is 1. The van der Waals surface area contributed by atoms with E-state index in [0.29, 0.717) is 13.0 Å². The Morgan fingerprint density at radius 3 is 2.74 bits per heavy atom. The van der Waals surface area contributed by atoms with Crippen LogP contribution >= 0.6 is 0 Å². The summed E-state index contributed by atoms with van der Waals surface area (Å²) in [6.45, 7) is 2.34. The molecule has 1 aliphatic rings. The fourth-order valence-corrected chi connectivity index (χ4v) is 2.12. The maximum absolute atomic E-state index is 12.0. The quantitative estimate of drug-likeness (QED) is 0.719. The van der Waals surface area contributed by atoms with E-state index in [-0.39, 0.29) is 29.2 Å². The third-order valence-electron chi connectivity index (χ3n) is 3.24. The molecular formula is C13H15NO5. The van der Waals surface area contributed by atoms with E-state index in [1.165, 1.54) is 18.2 Å². The smallest absolute Gasteiger partial charge is 0.339 e. The lowest BCUT2D eigenvalue weighted by Crippen LogP contribution is -2.27. The lowest BCUT2D eigenvalue weighted by Gasteiger charge is -2.15. The molecule has 2 atom stereocenters. The van der Waals surface area contributed by atoms with Crippen LogP contribution in [0, 0.1) is 5.92 Å².